The van der Waals surface area contributed by atoms with Gasteiger partial charge in [0.25, 0.3) is 0 Å². The van der Waals surface area contributed by atoms with Gasteiger partial charge in [0.05, 0.1) is 26.2 Å². The zero-order valence-electron chi connectivity index (χ0n) is 13.9. The number of rotatable bonds is 4. The highest BCUT2D eigenvalue weighted by atomic mass is 32.1. The minimum atomic E-state index is -0.791. The fraction of sp³-hybridized carbons (Fsp3) is 0.579. The first-order chi connectivity index (χ1) is 11.0. The zero-order valence-corrected chi connectivity index (χ0v) is 15.6. The number of fused-ring (bicyclic) bond motifs is 2. The molecule has 0 spiro atoms. The zero-order chi connectivity index (χ0) is 16.1. The summed E-state index contributed by atoms with van der Waals surface area (Å²) in [6.07, 6.45) is 6.14. The fourth-order valence-electron chi connectivity index (χ4n) is 4.93. The summed E-state index contributed by atoms with van der Waals surface area (Å²) in [4.78, 5) is 2.21. The topological polar surface area (TPSA) is 20.2 Å². The van der Waals surface area contributed by atoms with Crippen LogP contribution in [-0.2, 0) is 5.60 Å². The second kappa shape index (κ2) is 5.69. The van der Waals surface area contributed by atoms with Crippen molar-refractivity contribution < 1.29 is 9.59 Å². The van der Waals surface area contributed by atoms with E-state index in [-0.39, 0.29) is 0 Å². The molecule has 0 radical (unpaired) electrons. The molecule has 4 rings (SSSR count). The number of quaternary nitrogens is 1. The minimum absolute atomic E-state index is 0.632. The maximum Gasteiger partial charge on any atom is 0.133 e. The van der Waals surface area contributed by atoms with Crippen LogP contribution >= 0.6 is 22.7 Å². The summed E-state index contributed by atoms with van der Waals surface area (Å²) in [6.45, 7) is 0. The van der Waals surface area contributed by atoms with Gasteiger partial charge in [0, 0.05) is 35.4 Å². The van der Waals surface area contributed by atoms with Crippen LogP contribution in [0.25, 0.3) is 0 Å². The second-order valence-electron chi connectivity index (χ2n) is 7.87. The van der Waals surface area contributed by atoms with E-state index in [9.17, 15) is 5.11 Å². The number of piperidine rings is 1. The number of hydrogen-bond acceptors (Lipinski definition) is 3. The van der Waals surface area contributed by atoms with E-state index < -0.39 is 5.60 Å². The second-order valence-corrected chi connectivity index (χ2v) is 9.77. The Morgan fingerprint density at radius 3 is 2.00 bits per heavy atom. The molecule has 2 nitrogen and oxygen atoms in total. The Balaban J connectivity index is 1.61. The standard InChI is InChI=1S/C19H26NOS2/c1-20(2)15-7-8-16(20)12-14(11-15)13-19(21,17-5-3-9-22-17)18-6-4-10-23-18/h3-6,9-10,14-16,21H,7-8,11-13H2,1-2H3/q+1/t14?,15-,16+. The molecule has 2 saturated heterocycles. The van der Waals surface area contributed by atoms with Gasteiger partial charge in [-0.05, 0) is 35.2 Å². The summed E-state index contributed by atoms with van der Waals surface area (Å²) in [5, 5.41) is 15.8. The molecule has 4 heterocycles. The van der Waals surface area contributed by atoms with Crippen molar-refractivity contribution in [3.8, 4) is 0 Å². The largest absolute Gasteiger partial charge is 0.379 e. The molecule has 2 aliphatic heterocycles. The molecule has 1 N–H and O–H groups in total. The van der Waals surface area contributed by atoms with E-state index in [1.807, 2.05) is 0 Å². The van der Waals surface area contributed by atoms with Crippen LogP contribution in [-0.4, -0.2) is 35.8 Å². The van der Waals surface area contributed by atoms with Crippen molar-refractivity contribution in [2.75, 3.05) is 14.1 Å². The normalized spacial score (nSPS) is 29.8. The predicted octanol–water partition coefficient (Wildman–Crippen LogP) is 4.45. The Bertz CT molecular complexity index is 597. The van der Waals surface area contributed by atoms with Gasteiger partial charge in [0.2, 0.25) is 0 Å². The lowest BCUT2D eigenvalue weighted by atomic mass is 9.79. The van der Waals surface area contributed by atoms with E-state index in [1.165, 1.54) is 30.2 Å². The van der Waals surface area contributed by atoms with E-state index in [1.54, 1.807) is 22.7 Å². The minimum Gasteiger partial charge on any atom is -0.379 e. The van der Waals surface area contributed by atoms with Crippen LogP contribution in [0, 0.1) is 5.92 Å². The lowest BCUT2D eigenvalue weighted by Gasteiger charge is -2.45. The van der Waals surface area contributed by atoms with Crippen LogP contribution in [0.1, 0.15) is 41.9 Å². The van der Waals surface area contributed by atoms with Crippen LogP contribution in [0.5, 0.6) is 0 Å². The molecule has 2 aliphatic rings. The van der Waals surface area contributed by atoms with E-state index in [0.717, 1.165) is 28.3 Å². The van der Waals surface area contributed by atoms with Gasteiger partial charge < -0.3 is 9.59 Å². The highest BCUT2D eigenvalue weighted by Gasteiger charge is 2.50. The van der Waals surface area contributed by atoms with Crippen molar-refractivity contribution in [3.63, 3.8) is 0 Å². The third-order valence-corrected chi connectivity index (χ3v) is 8.41. The molecule has 23 heavy (non-hydrogen) atoms. The van der Waals surface area contributed by atoms with Crippen molar-refractivity contribution in [2.45, 2.75) is 49.8 Å². The van der Waals surface area contributed by atoms with Crippen molar-refractivity contribution >= 4 is 22.7 Å². The van der Waals surface area contributed by atoms with Gasteiger partial charge in [-0.3, -0.25) is 0 Å². The number of nitrogens with zero attached hydrogens (tertiary/aromatic N) is 1. The highest BCUT2D eigenvalue weighted by Crippen LogP contribution is 2.48. The van der Waals surface area contributed by atoms with Crippen molar-refractivity contribution in [1.29, 1.82) is 0 Å². The summed E-state index contributed by atoms with van der Waals surface area (Å²) in [5.41, 5.74) is -0.791. The number of aliphatic hydroxyl groups is 1. The van der Waals surface area contributed by atoms with E-state index in [4.69, 9.17) is 0 Å². The van der Waals surface area contributed by atoms with Crippen molar-refractivity contribution in [3.05, 3.63) is 44.8 Å². The molecule has 2 fully saturated rings. The average molecular weight is 349 g/mol. The Morgan fingerprint density at radius 1 is 1.04 bits per heavy atom. The number of hydrogen-bond donors (Lipinski definition) is 1. The predicted molar refractivity (Wildman–Crippen MR) is 97.9 cm³/mol. The third-order valence-electron chi connectivity index (χ3n) is 6.37. The van der Waals surface area contributed by atoms with Gasteiger partial charge in [0.15, 0.2) is 0 Å². The summed E-state index contributed by atoms with van der Waals surface area (Å²) >= 11 is 3.37. The van der Waals surface area contributed by atoms with Gasteiger partial charge in [-0.1, -0.05) is 12.1 Å². The van der Waals surface area contributed by atoms with Crippen LogP contribution in [0.3, 0.4) is 0 Å². The molecule has 0 aliphatic carbocycles. The average Bonchev–Trinajstić information content (AvgIpc) is 3.22. The number of thiophene rings is 2. The molecular weight excluding hydrogens is 322 g/mol. The summed E-state index contributed by atoms with van der Waals surface area (Å²) < 4.78 is 1.20. The first-order valence-corrected chi connectivity index (χ1v) is 10.4. The van der Waals surface area contributed by atoms with Crippen molar-refractivity contribution in [2.24, 2.45) is 5.92 Å². The molecule has 4 heteroatoms. The molecule has 3 atom stereocenters. The molecular formula is C19H26NOS2+. The van der Waals surface area contributed by atoms with Gasteiger partial charge in [-0.15, -0.1) is 22.7 Å². The van der Waals surface area contributed by atoms with Crippen LogP contribution in [0.15, 0.2) is 35.0 Å². The van der Waals surface area contributed by atoms with E-state index >= 15 is 0 Å². The Kier molecular flexibility index (Phi) is 3.92. The lowest BCUT2D eigenvalue weighted by Crippen LogP contribution is -2.55. The van der Waals surface area contributed by atoms with Gasteiger partial charge in [0.1, 0.15) is 5.60 Å². The quantitative estimate of drug-likeness (QED) is 0.809. The summed E-state index contributed by atoms with van der Waals surface area (Å²) in [7, 11) is 4.81. The summed E-state index contributed by atoms with van der Waals surface area (Å²) in [5.74, 6) is 0.632. The molecule has 0 aromatic carbocycles. The molecule has 2 aromatic heterocycles. The molecule has 1 unspecified atom stereocenters. The Labute approximate surface area is 147 Å². The maximum atomic E-state index is 11.6. The first kappa shape index (κ1) is 15.8. The molecule has 0 amide bonds. The Morgan fingerprint density at radius 2 is 1.57 bits per heavy atom. The smallest absolute Gasteiger partial charge is 0.133 e. The van der Waals surface area contributed by atoms with Crippen LogP contribution in [0.2, 0.25) is 0 Å². The monoisotopic (exact) mass is 348 g/mol. The molecule has 124 valence electrons. The van der Waals surface area contributed by atoms with Gasteiger partial charge >= 0.3 is 0 Å². The molecule has 2 aromatic rings. The maximum absolute atomic E-state index is 11.6. The SMILES string of the molecule is C[N+]1(C)[C@@H]2CC[C@H]1CC(CC(O)(c1cccs1)c1cccs1)C2. The summed E-state index contributed by atoms with van der Waals surface area (Å²) in [6, 6.07) is 9.89. The van der Waals surface area contributed by atoms with E-state index in [2.05, 4.69) is 49.1 Å². The highest BCUT2D eigenvalue weighted by molar-refractivity contribution is 7.11. The van der Waals surface area contributed by atoms with Crippen molar-refractivity contribution in [1.82, 2.24) is 0 Å². The van der Waals surface area contributed by atoms with Gasteiger partial charge in [-0.2, -0.15) is 0 Å². The van der Waals surface area contributed by atoms with Crippen LogP contribution < -0.4 is 0 Å². The fourth-order valence-corrected chi connectivity index (χ4v) is 6.69. The molecule has 0 saturated carbocycles. The van der Waals surface area contributed by atoms with Gasteiger partial charge in [-0.25, -0.2) is 0 Å². The van der Waals surface area contributed by atoms with E-state index in [0.29, 0.717) is 5.92 Å². The molecule has 2 bridgehead atoms. The first-order valence-electron chi connectivity index (χ1n) is 8.64. The third kappa shape index (κ3) is 2.60. The lowest BCUT2D eigenvalue weighted by molar-refractivity contribution is -0.931. The Hall–Kier alpha value is -0.680. The van der Waals surface area contributed by atoms with Crippen LogP contribution in [0.4, 0.5) is 0 Å².